The highest BCUT2D eigenvalue weighted by molar-refractivity contribution is 7.89. The van der Waals surface area contributed by atoms with E-state index >= 15 is 0 Å². The Morgan fingerprint density at radius 2 is 1.69 bits per heavy atom. The van der Waals surface area contributed by atoms with Gasteiger partial charge in [-0.1, -0.05) is 23.7 Å². The topological polar surface area (TPSA) is 66.5 Å². The largest absolute Gasteiger partial charge is 0.352 e. The van der Waals surface area contributed by atoms with Gasteiger partial charge in [-0.25, -0.2) is 12.8 Å². The van der Waals surface area contributed by atoms with Crippen LogP contribution in [0, 0.1) is 11.7 Å². The number of carbonyl (C=O) groups is 1. The second kappa shape index (κ2) is 9.69. The molecule has 2 aromatic carbocycles. The number of nitrogens with zero attached hydrogens (tertiary/aromatic N) is 1. The number of hydrogen-bond donors (Lipinski definition) is 1. The summed E-state index contributed by atoms with van der Waals surface area (Å²) in [6.45, 7) is 1.27. The number of rotatable bonds is 7. The highest BCUT2D eigenvalue weighted by Gasteiger charge is 2.29. The predicted molar refractivity (Wildman–Crippen MR) is 110 cm³/mol. The summed E-state index contributed by atoms with van der Waals surface area (Å²) in [6.07, 6.45) is 2.59. The Morgan fingerprint density at radius 3 is 2.31 bits per heavy atom. The summed E-state index contributed by atoms with van der Waals surface area (Å²) in [5.41, 5.74) is 0.848. The number of benzene rings is 2. The molecule has 0 aromatic heterocycles. The summed E-state index contributed by atoms with van der Waals surface area (Å²) in [5.74, 6) is -0.0294. The van der Waals surface area contributed by atoms with Crippen LogP contribution in [0.3, 0.4) is 0 Å². The first kappa shape index (κ1) is 21.7. The molecular weight excluding hydrogens is 415 g/mol. The predicted octanol–water partition coefficient (Wildman–Crippen LogP) is 3.98. The van der Waals surface area contributed by atoms with Crippen LogP contribution < -0.4 is 5.32 Å². The number of sulfonamides is 1. The van der Waals surface area contributed by atoms with Gasteiger partial charge in [-0.3, -0.25) is 4.79 Å². The van der Waals surface area contributed by atoms with E-state index in [9.17, 15) is 17.6 Å². The molecule has 29 heavy (non-hydrogen) atoms. The van der Waals surface area contributed by atoms with Crippen molar-refractivity contribution < 1.29 is 17.6 Å². The van der Waals surface area contributed by atoms with Gasteiger partial charge in [0.15, 0.2) is 0 Å². The Bertz CT molecular complexity index is 925. The molecule has 0 spiro atoms. The van der Waals surface area contributed by atoms with E-state index in [4.69, 9.17) is 11.6 Å². The van der Waals surface area contributed by atoms with E-state index < -0.39 is 10.0 Å². The van der Waals surface area contributed by atoms with Crippen LogP contribution in [0.1, 0.15) is 31.2 Å². The molecule has 1 fully saturated rings. The van der Waals surface area contributed by atoms with Gasteiger partial charge in [-0.2, -0.15) is 4.31 Å². The normalized spacial score (nSPS) is 15.9. The molecule has 156 valence electrons. The summed E-state index contributed by atoms with van der Waals surface area (Å²) in [6, 6.07) is 12.2. The highest BCUT2D eigenvalue weighted by Crippen LogP contribution is 2.27. The first-order valence-corrected chi connectivity index (χ1v) is 11.4. The first-order chi connectivity index (χ1) is 13.8. The lowest BCUT2D eigenvalue weighted by Crippen LogP contribution is -2.38. The molecule has 0 atom stereocenters. The highest BCUT2D eigenvalue weighted by atomic mass is 35.5. The lowest BCUT2D eigenvalue weighted by atomic mass is 9.93. The Kier molecular flexibility index (Phi) is 7.27. The van der Waals surface area contributed by atoms with Crippen LogP contribution in [-0.4, -0.2) is 31.7 Å². The van der Waals surface area contributed by atoms with E-state index in [1.54, 1.807) is 24.3 Å². The van der Waals surface area contributed by atoms with Gasteiger partial charge in [-0.15, -0.1) is 0 Å². The maximum atomic E-state index is 12.9. The van der Waals surface area contributed by atoms with E-state index in [-0.39, 0.29) is 16.6 Å². The number of hydrogen-bond acceptors (Lipinski definition) is 3. The summed E-state index contributed by atoms with van der Waals surface area (Å²) >= 11 is 5.83. The van der Waals surface area contributed by atoms with Crippen LogP contribution >= 0.6 is 11.6 Å². The maximum absolute atomic E-state index is 12.9. The summed E-state index contributed by atoms with van der Waals surface area (Å²) in [5, 5.41) is 3.34. The van der Waals surface area contributed by atoms with Crippen molar-refractivity contribution in [2.24, 2.45) is 5.92 Å². The number of nitrogens with one attached hydrogen (secondary N) is 1. The second-order valence-electron chi connectivity index (χ2n) is 7.24. The number of piperidine rings is 1. The minimum atomic E-state index is -3.51. The molecule has 3 rings (SSSR count). The van der Waals surface area contributed by atoms with Crippen molar-refractivity contribution in [2.45, 2.75) is 37.1 Å². The quantitative estimate of drug-likeness (QED) is 0.711. The Hall–Kier alpha value is -1.96. The molecule has 0 radical (unpaired) electrons. The van der Waals surface area contributed by atoms with Gasteiger partial charge in [0.25, 0.3) is 0 Å². The van der Waals surface area contributed by atoms with Crippen molar-refractivity contribution in [1.82, 2.24) is 9.62 Å². The number of halogens is 2. The molecule has 8 heteroatoms. The third-order valence-electron chi connectivity index (χ3n) is 5.21. The zero-order chi connectivity index (χ0) is 20.9. The van der Waals surface area contributed by atoms with Crippen LogP contribution in [0.2, 0.25) is 5.02 Å². The molecule has 0 saturated carbocycles. The number of carbonyl (C=O) groups excluding carboxylic acids is 1. The lowest BCUT2D eigenvalue weighted by molar-refractivity contribution is -0.121. The molecule has 5 nitrogen and oxygen atoms in total. The molecule has 1 amide bonds. The fourth-order valence-corrected chi connectivity index (χ4v) is 5.02. The fourth-order valence-electron chi connectivity index (χ4n) is 3.42. The summed E-state index contributed by atoms with van der Waals surface area (Å²) in [7, 11) is -3.51. The molecule has 0 aliphatic carbocycles. The van der Waals surface area contributed by atoms with Crippen molar-refractivity contribution in [2.75, 3.05) is 13.1 Å². The van der Waals surface area contributed by atoms with E-state index in [1.807, 2.05) is 0 Å². The minimum Gasteiger partial charge on any atom is -0.352 e. The van der Waals surface area contributed by atoms with Crippen LogP contribution in [-0.2, 0) is 21.4 Å². The third-order valence-corrected chi connectivity index (χ3v) is 7.37. The standard InChI is InChI=1S/C21H24ClFN2O3S/c22-18-4-8-20(9-5-18)29(27,28)25-13-11-16(12-14-25)3-10-21(26)24-15-17-1-6-19(23)7-2-17/h1-2,4-9,16H,3,10-15H2,(H,24,26). The molecule has 0 unspecified atom stereocenters. The first-order valence-electron chi connectivity index (χ1n) is 9.61. The smallest absolute Gasteiger partial charge is 0.243 e. The molecule has 1 N–H and O–H groups in total. The van der Waals surface area contributed by atoms with Crippen LogP contribution in [0.25, 0.3) is 0 Å². The third kappa shape index (κ3) is 6.01. The molecule has 1 aliphatic heterocycles. The fraction of sp³-hybridized carbons (Fsp3) is 0.381. The monoisotopic (exact) mass is 438 g/mol. The Labute approximate surface area is 175 Å². The van der Waals surface area contributed by atoms with Crippen LogP contribution in [0.15, 0.2) is 53.4 Å². The maximum Gasteiger partial charge on any atom is 0.243 e. The molecule has 1 heterocycles. The van der Waals surface area contributed by atoms with Gasteiger partial charge in [0, 0.05) is 31.1 Å². The Morgan fingerprint density at radius 1 is 1.07 bits per heavy atom. The lowest BCUT2D eigenvalue weighted by Gasteiger charge is -2.31. The second-order valence-corrected chi connectivity index (χ2v) is 9.62. The average Bonchev–Trinajstić information content (AvgIpc) is 2.72. The van der Waals surface area contributed by atoms with E-state index in [2.05, 4.69) is 5.32 Å². The molecule has 0 bridgehead atoms. The molecule has 2 aromatic rings. The minimum absolute atomic E-state index is 0.0504. The SMILES string of the molecule is O=C(CCC1CCN(S(=O)(=O)c2ccc(Cl)cc2)CC1)NCc1ccc(F)cc1. The van der Waals surface area contributed by atoms with Crippen molar-refractivity contribution in [1.29, 1.82) is 0 Å². The molecule has 1 aliphatic rings. The van der Waals surface area contributed by atoms with Crippen molar-refractivity contribution >= 4 is 27.5 Å². The van der Waals surface area contributed by atoms with Crippen LogP contribution in [0.4, 0.5) is 4.39 Å². The molecular formula is C21H24ClFN2O3S. The molecule has 1 saturated heterocycles. The zero-order valence-electron chi connectivity index (χ0n) is 16.0. The van der Waals surface area contributed by atoms with Gasteiger partial charge in [0.1, 0.15) is 5.82 Å². The van der Waals surface area contributed by atoms with Gasteiger partial charge in [-0.05, 0) is 67.1 Å². The van der Waals surface area contributed by atoms with Crippen molar-refractivity contribution in [3.8, 4) is 0 Å². The van der Waals surface area contributed by atoms with Crippen molar-refractivity contribution in [3.05, 3.63) is 64.9 Å². The van der Waals surface area contributed by atoms with E-state index in [1.165, 1.54) is 28.6 Å². The van der Waals surface area contributed by atoms with Gasteiger partial charge >= 0.3 is 0 Å². The van der Waals surface area contributed by atoms with E-state index in [0.29, 0.717) is 37.0 Å². The van der Waals surface area contributed by atoms with Crippen LogP contribution in [0.5, 0.6) is 0 Å². The summed E-state index contributed by atoms with van der Waals surface area (Å²) in [4.78, 5) is 12.3. The van der Waals surface area contributed by atoms with Gasteiger partial charge in [0.2, 0.25) is 15.9 Å². The van der Waals surface area contributed by atoms with Crippen molar-refractivity contribution in [3.63, 3.8) is 0 Å². The Balaban J connectivity index is 1.42. The summed E-state index contributed by atoms with van der Waals surface area (Å²) < 4.78 is 39.8. The average molecular weight is 439 g/mol. The van der Waals surface area contributed by atoms with E-state index in [0.717, 1.165) is 24.8 Å². The van der Waals surface area contributed by atoms with Gasteiger partial charge < -0.3 is 5.32 Å². The zero-order valence-corrected chi connectivity index (χ0v) is 17.6. The number of amides is 1. The van der Waals surface area contributed by atoms with Gasteiger partial charge in [0.05, 0.1) is 4.90 Å².